The molecule has 3 rings (SSSR count). The van der Waals surface area contributed by atoms with E-state index >= 15 is 0 Å². The highest BCUT2D eigenvalue weighted by atomic mass is 35.5. The molecular weight excluding hydrogens is 356 g/mol. The highest BCUT2D eigenvalue weighted by Gasteiger charge is 2.26. The number of carbonyl (C=O) groups excluding carboxylic acids is 2. The molecule has 1 aliphatic heterocycles. The van der Waals surface area contributed by atoms with E-state index in [2.05, 4.69) is 5.32 Å². The predicted octanol–water partition coefficient (Wildman–Crippen LogP) is 2.70. The summed E-state index contributed by atoms with van der Waals surface area (Å²) in [5.41, 5.74) is 7.48. The third kappa shape index (κ3) is 4.26. The maximum Gasteiger partial charge on any atom is 0.255 e. The summed E-state index contributed by atoms with van der Waals surface area (Å²) in [5, 5.41) is 3.54. The van der Waals surface area contributed by atoms with Crippen LogP contribution in [0.2, 0.25) is 5.02 Å². The summed E-state index contributed by atoms with van der Waals surface area (Å²) in [5.74, 6) is 0.322. The van der Waals surface area contributed by atoms with Gasteiger partial charge in [-0.1, -0.05) is 11.6 Å². The van der Waals surface area contributed by atoms with Crippen molar-refractivity contribution in [3.8, 4) is 11.5 Å². The molecule has 1 aliphatic rings. The average Bonchev–Trinajstić information content (AvgIpc) is 2.61. The highest BCUT2D eigenvalue weighted by molar-refractivity contribution is 6.30. The van der Waals surface area contributed by atoms with E-state index < -0.39 is 5.91 Å². The van der Waals surface area contributed by atoms with E-state index in [-0.39, 0.29) is 18.4 Å². The second-order valence-electron chi connectivity index (χ2n) is 6.19. The van der Waals surface area contributed by atoms with Crippen molar-refractivity contribution in [2.24, 2.45) is 11.7 Å². The molecule has 0 fully saturated rings. The molecule has 136 valence electrons. The smallest absolute Gasteiger partial charge is 0.255 e. The van der Waals surface area contributed by atoms with E-state index in [0.29, 0.717) is 29.5 Å². The normalized spacial score (nSPS) is 15.5. The van der Waals surface area contributed by atoms with Crippen molar-refractivity contribution in [3.05, 3.63) is 52.5 Å². The SMILES string of the molecule is Cc1cc(OCC(N)=O)ccc1NC(=O)[C@H]1COc2ccc(Cl)cc2C1. The van der Waals surface area contributed by atoms with Crippen molar-refractivity contribution in [1.82, 2.24) is 0 Å². The van der Waals surface area contributed by atoms with Crippen LogP contribution in [0.3, 0.4) is 0 Å². The first-order valence-electron chi connectivity index (χ1n) is 8.16. The number of ether oxygens (including phenoxy) is 2. The van der Waals surface area contributed by atoms with Gasteiger partial charge in [-0.15, -0.1) is 0 Å². The van der Waals surface area contributed by atoms with Gasteiger partial charge < -0.3 is 20.5 Å². The van der Waals surface area contributed by atoms with Crippen LogP contribution in [0, 0.1) is 12.8 Å². The zero-order valence-electron chi connectivity index (χ0n) is 14.3. The van der Waals surface area contributed by atoms with E-state index in [1.54, 1.807) is 24.3 Å². The number of hydrogen-bond acceptors (Lipinski definition) is 4. The number of primary amides is 1. The van der Waals surface area contributed by atoms with Gasteiger partial charge >= 0.3 is 0 Å². The Kier molecular flexibility index (Phi) is 5.32. The van der Waals surface area contributed by atoms with Crippen molar-refractivity contribution in [2.75, 3.05) is 18.5 Å². The lowest BCUT2D eigenvalue weighted by Gasteiger charge is -2.25. The van der Waals surface area contributed by atoms with Gasteiger partial charge in [-0.3, -0.25) is 9.59 Å². The first kappa shape index (κ1) is 18.1. The summed E-state index contributed by atoms with van der Waals surface area (Å²) >= 11 is 6.02. The summed E-state index contributed by atoms with van der Waals surface area (Å²) in [6, 6.07) is 10.6. The number of nitrogens with one attached hydrogen (secondary N) is 1. The first-order valence-corrected chi connectivity index (χ1v) is 8.54. The molecule has 6 nitrogen and oxygen atoms in total. The lowest BCUT2D eigenvalue weighted by molar-refractivity contribution is -0.121. The van der Waals surface area contributed by atoms with Crippen molar-refractivity contribution in [1.29, 1.82) is 0 Å². The molecule has 0 saturated heterocycles. The molecule has 2 aromatic rings. The zero-order chi connectivity index (χ0) is 18.7. The van der Waals surface area contributed by atoms with Crippen LogP contribution >= 0.6 is 11.6 Å². The van der Waals surface area contributed by atoms with Crippen LogP contribution in [0.15, 0.2) is 36.4 Å². The van der Waals surface area contributed by atoms with Gasteiger partial charge in [0.05, 0.1) is 5.92 Å². The Balaban J connectivity index is 1.65. The fourth-order valence-corrected chi connectivity index (χ4v) is 2.98. The Labute approximate surface area is 156 Å². The molecule has 0 unspecified atom stereocenters. The van der Waals surface area contributed by atoms with Crippen LogP contribution in [-0.4, -0.2) is 25.0 Å². The molecule has 2 amide bonds. The third-order valence-electron chi connectivity index (χ3n) is 4.14. The summed E-state index contributed by atoms with van der Waals surface area (Å²) in [4.78, 5) is 23.4. The third-order valence-corrected chi connectivity index (χ3v) is 4.37. The molecule has 0 radical (unpaired) electrons. The van der Waals surface area contributed by atoms with Crippen molar-refractivity contribution < 1.29 is 19.1 Å². The number of anilines is 1. The van der Waals surface area contributed by atoms with E-state index in [1.165, 1.54) is 0 Å². The highest BCUT2D eigenvalue weighted by Crippen LogP contribution is 2.30. The Bertz CT molecular complexity index is 853. The van der Waals surface area contributed by atoms with E-state index in [4.69, 9.17) is 26.8 Å². The topological polar surface area (TPSA) is 90.6 Å². The number of amides is 2. The molecular formula is C19H19ClN2O4. The van der Waals surface area contributed by atoms with Gasteiger partial charge in [0.2, 0.25) is 5.91 Å². The number of nitrogens with two attached hydrogens (primary N) is 1. The van der Waals surface area contributed by atoms with Crippen LogP contribution in [0.5, 0.6) is 11.5 Å². The predicted molar refractivity (Wildman–Crippen MR) is 98.6 cm³/mol. The van der Waals surface area contributed by atoms with Crippen molar-refractivity contribution in [3.63, 3.8) is 0 Å². The minimum absolute atomic E-state index is 0.121. The van der Waals surface area contributed by atoms with E-state index in [1.807, 2.05) is 19.1 Å². The Morgan fingerprint density at radius 1 is 1.31 bits per heavy atom. The number of rotatable bonds is 5. The maximum absolute atomic E-state index is 12.6. The Morgan fingerprint density at radius 2 is 2.12 bits per heavy atom. The van der Waals surface area contributed by atoms with Gasteiger partial charge in [0.1, 0.15) is 18.1 Å². The van der Waals surface area contributed by atoms with Crippen LogP contribution < -0.4 is 20.5 Å². The quantitative estimate of drug-likeness (QED) is 0.841. The second kappa shape index (κ2) is 7.66. The standard InChI is InChI=1S/C19H19ClN2O4/c1-11-6-15(25-10-18(21)23)3-4-16(11)22-19(24)13-7-12-8-14(20)2-5-17(12)26-9-13/h2-6,8,13H,7,9-10H2,1H3,(H2,21,23)(H,22,24)/t13-/m1/s1. The number of carbonyl (C=O) groups is 2. The fraction of sp³-hybridized carbons (Fsp3) is 0.263. The van der Waals surface area contributed by atoms with Crippen molar-refractivity contribution in [2.45, 2.75) is 13.3 Å². The minimum Gasteiger partial charge on any atom is -0.492 e. The fourth-order valence-electron chi connectivity index (χ4n) is 2.79. The number of hydrogen-bond donors (Lipinski definition) is 2. The largest absolute Gasteiger partial charge is 0.492 e. The molecule has 26 heavy (non-hydrogen) atoms. The van der Waals surface area contributed by atoms with Crippen LogP contribution in [0.1, 0.15) is 11.1 Å². The van der Waals surface area contributed by atoms with Gasteiger partial charge in [-0.2, -0.15) is 0 Å². The minimum atomic E-state index is -0.544. The molecule has 0 spiro atoms. The lowest BCUT2D eigenvalue weighted by Crippen LogP contribution is -2.32. The van der Waals surface area contributed by atoms with E-state index in [9.17, 15) is 9.59 Å². The van der Waals surface area contributed by atoms with Crippen LogP contribution in [0.25, 0.3) is 0 Å². The number of fused-ring (bicyclic) bond motifs is 1. The molecule has 1 heterocycles. The average molecular weight is 375 g/mol. The molecule has 3 N–H and O–H groups in total. The molecule has 0 saturated carbocycles. The molecule has 1 atom stereocenters. The number of benzene rings is 2. The van der Waals surface area contributed by atoms with Gasteiger partial charge in [0, 0.05) is 10.7 Å². The molecule has 0 aromatic heterocycles. The molecule has 0 bridgehead atoms. The molecule has 7 heteroatoms. The van der Waals surface area contributed by atoms with E-state index in [0.717, 1.165) is 16.9 Å². The van der Waals surface area contributed by atoms with Crippen LogP contribution in [-0.2, 0) is 16.0 Å². The van der Waals surface area contributed by atoms with Gasteiger partial charge in [0.15, 0.2) is 6.61 Å². The Hall–Kier alpha value is -2.73. The second-order valence-corrected chi connectivity index (χ2v) is 6.62. The summed E-state index contributed by atoms with van der Waals surface area (Å²) in [6.07, 6.45) is 0.570. The summed E-state index contributed by atoms with van der Waals surface area (Å²) < 4.78 is 10.9. The molecule has 0 aliphatic carbocycles. The van der Waals surface area contributed by atoms with Crippen molar-refractivity contribution >= 4 is 29.1 Å². The summed E-state index contributed by atoms with van der Waals surface area (Å²) in [6.45, 7) is 1.98. The number of halogens is 1. The first-order chi connectivity index (χ1) is 12.4. The Morgan fingerprint density at radius 3 is 2.85 bits per heavy atom. The summed E-state index contributed by atoms with van der Waals surface area (Å²) in [7, 11) is 0. The van der Waals surface area contributed by atoms with Gasteiger partial charge in [-0.25, -0.2) is 0 Å². The van der Waals surface area contributed by atoms with Gasteiger partial charge in [-0.05, 0) is 60.9 Å². The zero-order valence-corrected chi connectivity index (χ0v) is 15.0. The monoisotopic (exact) mass is 374 g/mol. The van der Waals surface area contributed by atoms with Crippen LogP contribution in [0.4, 0.5) is 5.69 Å². The molecule has 2 aromatic carbocycles. The lowest BCUT2D eigenvalue weighted by atomic mass is 9.96. The van der Waals surface area contributed by atoms with Gasteiger partial charge in [0.25, 0.3) is 5.91 Å². The maximum atomic E-state index is 12.6. The number of aryl methyl sites for hydroxylation is 1.